The van der Waals surface area contributed by atoms with Gasteiger partial charge in [0.1, 0.15) is 0 Å². The fourth-order valence-corrected chi connectivity index (χ4v) is 2.91. The molecule has 1 N–H and O–H groups in total. The number of hydrogen-bond donors (Lipinski definition) is 1. The zero-order chi connectivity index (χ0) is 14.8. The number of alkyl halides is 3. The Morgan fingerprint density at radius 1 is 1.40 bits per heavy atom. The van der Waals surface area contributed by atoms with Crippen LogP contribution in [0.1, 0.15) is 24.3 Å². The van der Waals surface area contributed by atoms with E-state index in [9.17, 15) is 18.0 Å². The first-order valence-corrected chi connectivity index (χ1v) is 7.08. The predicted molar refractivity (Wildman–Crippen MR) is 68.5 cm³/mol. The number of nitrogens with one attached hydrogen (secondary N) is 1. The van der Waals surface area contributed by atoms with Crippen LogP contribution in [0.5, 0.6) is 0 Å². The topological polar surface area (TPSA) is 58.1 Å². The number of halogens is 3. The van der Waals surface area contributed by atoms with Crippen LogP contribution in [-0.4, -0.2) is 36.2 Å². The van der Waals surface area contributed by atoms with E-state index in [-0.39, 0.29) is 11.8 Å². The Bertz CT molecular complexity index is 468. The van der Waals surface area contributed by atoms with Gasteiger partial charge >= 0.3 is 6.18 Å². The summed E-state index contributed by atoms with van der Waals surface area (Å²) in [5.74, 6) is 0.278. The molecule has 1 aliphatic rings. The molecule has 2 rings (SSSR count). The second-order valence-electron chi connectivity index (χ2n) is 4.70. The Hall–Kier alpha value is -1.38. The van der Waals surface area contributed by atoms with Gasteiger partial charge in [0, 0.05) is 26.6 Å². The molecule has 1 fully saturated rings. The van der Waals surface area contributed by atoms with Crippen LogP contribution in [0.2, 0.25) is 0 Å². The summed E-state index contributed by atoms with van der Waals surface area (Å²) in [5, 5.41) is 8.75. The van der Waals surface area contributed by atoms with Crippen molar-refractivity contribution in [3.63, 3.8) is 0 Å². The second kappa shape index (κ2) is 5.94. The first-order chi connectivity index (χ1) is 9.40. The Morgan fingerprint density at radius 3 is 2.55 bits per heavy atom. The molecule has 0 aromatic carbocycles. The van der Waals surface area contributed by atoms with Crippen molar-refractivity contribution >= 4 is 22.4 Å². The lowest BCUT2D eigenvalue weighted by Gasteiger charge is -2.31. The van der Waals surface area contributed by atoms with Gasteiger partial charge in [-0.1, -0.05) is 11.3 Å². The van der Waals surface area contributed by atoms with Crippen LogP contribution >= 0.6 is 11.3 Å². The van der Waals surface area contributed by atoms with Gasteiger partial charge in [-0.05, 0) is 18.8 Å². The molecule has 0 bridgehead atoms. The summed E-state index contributed by atoms with van der Waals surface area (Å²) in [4.78, 5) is 13.1. The van der Waals surface area contributed by atoms with E-state index in [0.717, 1.165) is 12.8 Å². The average Bonchev–Trinajstić information content (AvgIpc) is 2.89. The number of rotatable bonds is 3. The molecule has 0 spiro atoms. The third-order valence-electron chi connectivity index (χ3n) is 3.29. The number of carbonyl (C=O) groups excluding carboxylic acids is 1. The van der Waals surface area contributed by atoms with Crippen LogP contribution in [0.25, 0.3) is 0 Å². The highest BCUT2D eigenvalue weighted by molar-refractivity contribution is 7.15. The van der Waals surface area contributed by atoms with Crippen LogP contribution in [-0.2, 0) is 11.0 Å². The number of carbonyl (C=O) groups is 1. The number of anilines is 1. The molecule has 1 aromatic heterocycles. The van der Waals surface area contributed by atoms with Gasteiger partial charge < -0.3 is 10.2 Å². The zero-order valence-corrected chi connectivity index (χ0v) is 11.7. The van der Waals surface area contributed by atoms with Crippen LogP contribution in [0.15, 0.2) is 0 Å². The number of aromatic nitrogens is 2. The fourth-order valence-electron chi connectivity index (χ4n) is 2.15. The Labute approximate surface area is 118 Å². The maximum atomic E-state index is 12.5. The Kier molecular flexibility index (Phi) is 4.46. The molecule has 1 aromatic rings. The van der Waals surface area contributed by atoms with E-state index < -0.39 is 11.2 Å². The van der Waals surface area contributed by atoms with Crippen LogP contribution in [0.4, 0.5) is 18.3 Å². The van der Waals surface area contributed by atoms with E-state index in [1.54, 1.807) is 11.9 Å². The van der Waals surface area contributed by atoms with Gasteiger partial charge in [0.05, 0.1) is 0 Å². The fraction of sp³-hybridized carbons (Fsp3) is 0.727. The summed E-state index contributed by atoms with van der Waals surface area (Å²) < 4.78 is 37.4. The van der Waals surface area contributed by atoms with Crippen molar-refractivity contribution in [3.8, 4) is 0 Å². The number of hydrogen-bond acceptors (Lipinski definition) is 5. The average molecular weight is 308 g/mol. The van der Waals surface area contributed by atoms with Gasteiger partial charge in [0.15, 0.2) is 0 Å². The molecule has 112 valence electrons. The van der Waals surface area contributed by atoms with Gasteiger partial charge in [-0.15, -0.1) is 10.2 Å². The second-order valence-corrected chi connectivity index (χ2v) is 5.65. The molecule has 1 saturated heterocycles. The van der Waals surface area contributed by atoms with E-state index in [1.807, 2.05) is 0 Å². The van der Waals surface area contributed by atoms with Crippen molar-refractivity contribution in [2.24, 2.45) is 5.92 Å². The summed E-state index contributed by atoms with van der Waals surface area (Å²) >= 11 is 0.565. The van der Waals surface area contributed by atoms with Crippen molar-refractivity contribution in [1.82, 2.24) is 15.5 Å². The molecular weight excluding hydrogens is 293 g/mol. The van der Waals surface area contributed by atoms with Gasteiger partial charge in [0.25, 0.3) is 0 Å². The standard InChI is InChI=1S/C11H15F3N4OS/c1-15-8(19)6-7-2-4-18(5-3-7)10-17-16-9(20-10)11(12,13)14/h7H,2-6H2,1H3,(H,15,19). The van der Waals surface area contributed by atoms with Crippen molar-refractivity contribution in [3.05, 3.63) is 5.01 Å². The Morgan fingerprint density at radius 2 is 2.05 bits per heavy atom. The van der Waals surface area contributed by atoms with Crippen molar-refractivity contribution < 1.29 is 18.0 Å². The molecule has 20 heavy (non-hydrogen) atoms. The van der Waals surface area contributed by atoms with E-state index in [0.29, 0.717) is 36.0 Å². The maximum absolute atomic E-state index is 12.5. The van der Waals surface area contributed by atoms with Crippen molar-refractivity contribution in [2.75, 3.05) is 25.0 Å². The number of piperidine rings is 1. The molecular formula is C11H15F3N4OS. The van der Waals surface area contributed by atoms with Crippen molar-refractivity contribution in [2.45, 2.75) is 25.4 Å². The minimum atomic E-state index is -4.44. The van der Waals surface area contributed by atoms with Crippen LogP contribution < -0.4 is 10.2 Å². The SMILES string of the molecule is CNC(=O)CC1CCN(c2nnc(C(F)(F)F)s2)CC1. The summed E-state index contributed by atoms with van der Waals surface area (Å²) in [6.07, 6.45) is -2.43. The van der Waals surface area contributed by atoms with E-state index >= 15 is 0 Å². The summed E-state index contributed by atoms with van der Waals surface area (Å²) in [6, 6.07) is 0. The predicted octanol–water partition coefficient (Wildman–Crippen LogP) is 1.91. The van der Waals surface area contributed by atoms with Gasteiger partial charge in [0.2, 0.25) is 16.0 Å². The lowest BCUT2D eigenvalue weighted by atomic mass is 9.93. The molecule has 1 amide bonds. The molecule has 0 saturated carbocycles. The third-order valence-corrected chi connectivity index (χ3v) is 4.32. The maximum Gasteiger partial charge on any atom is 0.445 e. The number of nitrogens with zero attached hydrogens (tertiary/aromatic N) is 3. The van der Waals surface area contributed by atoms with Gasteiger partial charge in [-0.2, -0.15) is 13.2 Å². The molecule has 0 unspecified atom stereocenters. The van der Waals surface area contributed by atoms with Crippen LogP contribution in [0, 0.1) is 5.92 Å². The third kappa shape index (κ3) is 3.59. The van der Waals surface area contributed by atoms with E-state index in [4.69, 9.17) is 0 Å². The zero-order valence-electron chi connectivity index (χ0n) is 10.9. The summed E-state index contributed by atoms with van der Waals surface area (Å²) in [6.45, 7) is 1.21. The lowest BCUT2D eigenvalue weighted by Crippen LogP contribution is -2.35. The summed E-state index contributed by atoms with van der Waals surface area (Å²) in [5.41, 5.74) is 0. The first kappa shape index (κ1) is 15.0. The van der Waals surface area contributed by atoms with Gasteiger partial charge in [-0.3, -0.25) is 4.79 Å². The van der Waals surface area contributed by atoms with E-state index in [1.165, 1.54) is 0 Å². The van der Waals surface area contributed by atoms with Gasteiger partial charge in [-0.25, -0.2) is 0 Å². The van der Waals surface area contributed by atoms with Crippen LogP contribution in [0.3, 0.4) is 0 Å². The lowest BCUT2D eigenvalue weighted by molar-refractivity contribution is -0.138. The smallest absolute Gasteiger partial charge is 0.359 e. The minimum absolute atomic E-state index is 0.00118. The largest absolute Gasteiger partial charge is 0.445 e. The van der Waals surface area contributed by atoms with E-state index in [2.05, 4.69) is 15.5 Å². The molecule has 9 heteroatoms. The molecule has 5 nitrogen and oxygen atoms in total. The molecule has 0 aliphatic carbocycles. The molecule has 0 radical (unpaired) electrons. The Balaban J connectivity index is 1.91. The normalized spacial score (nSPS) is 17.3. The first-order valence-electron chi connectivity index (χ1n) is 6.26. The highest BCUT2D eigenvalue weighted by atomic mass is 32.1. The highest BCUT2D eigenvalue weighted by Crippen LogP contribution is 2.35. The molecule has 2 heterocycles. The molecule has 1 aliphatic heterocycles. The summed E-state index contributed by atoms with van der Waals surface area (Å²) in [7, 11) is 1.59. The molecule has 0 atom stereocenters. The monoisotopic (exact) mass is 308 g/mol. The minimum Gasteiger partial charge on any atom is -0.359 e. The quantitative estimate of drug-likeness (QED) is 0.927. The van der Waals surface area contributed by atoms with Crippen molar-refractivity contribution in [1.29, 1.82) is 0 Å². The highest BCUT2D eigenvalue weighted by Gasteiger charge is 2.36. The number of amides is 1.